The second-order valence-electron chi connectivity index (χ2n) is 8.39. The average Bonchev–Trinajstić information content (AvgIpc) is 2.79. The van der Waals surface area contributed by atoms with Gasteiger partial charge in [-0.2, -0.15) is 0 Å². The zero-order valence-electron chi connectivity index (χ0n) is 18.1. The third kappa shape index (κ3) is 4.62. The highest BCUT2D eigenvalue weighted by Gasteiger charge is 2.23. The standard InChI is InChI=1S/C25H30N4O/c1-19-4-6-20(7-5-19)25(2,3)21-8-10-23(11-9-21)30-18-22-12-13-27-24(28-22)29-16-14-26-15-17-29/h4-13,26H,14-18H2,1-3H3. The highest BCUT2D eigenvalue weighted by atomic mass is 16.5. The molecular formula is C25H30N4O. The minimum absolute atomic E-state index is 0.0584. The average molecular weight is 403 g/mol. The molecule has 1 aliphatic heterocycles. The van der Waals surface area contributed by atoms with Crippen molar-refractivity contribution in [3.63, 3.8) is 0 Å². The van der Waals surface area contributed by atoms with Crippen LogP contribution in [0.25, 0.3) is 0 Å². The van der Waals surface area contributed by atoms with Gasteiger partial charge in [0.25, 0.3) is 0 Å². The third-order valence-corrected chi connectivity index (χ3v) is 5.84. The summed E-state index contributed by atoms with van der Waals surface area (Å²) in [5.74, 6) is 1.63. The molecule has 2 aromatic carbocycles. The van der Waals surface area contributed by atoms with Crippen molar-refractivity contribution in [2.24, 2.45) is 0 Å². The molecule has 0 bridgehead atoms. The van der Waals surface area contributed by atoms with Gasteiger partial charge < -0.3 is 15.0 Å². The van der Waals surface area contributed by atoms with Gasteiger partial charge in [0.15, 0.2) is 0 Å². The van der Waals surface area contributed by atoms with Gasteiger partial charge in [-0.25, -0.2) is 9.97 Å². The van der Waals surface area contributed by atoms with Crippen LogP contribution in [0, 0.1) is 6.92 Å². The smallest absolute Gasteiger partial charge is 0.225 e. The molecule has 0 saturated carbocycles. The number of anilines is 1. The molecule has 156 valence electrons. The number of rotatable bonds is 6. The zero-order chi connectivity index (χ0) is 21.0. The lowest BCUT2D eigenvalue weighted by Gasteiger charge is -2.27. The Hall–Kier alpha value is -2.92. The summed E-state index contributed by atoms with van der Waals surface area (Å²) in [6.07, 6.45) is 1.82. The molecule has 2 heterocycles. The van der Waals surface area contributed by atoms with E-state index in [1.54, 1.807) is 0 Å². The minimum Gasteiger partial charge on any atom is -0.487 e. The first-order valence-corrected chi connectivity index (χ1v) is 10.6. The Morgan fingerprint density at radius 2 is 1.57 bits per heavy atom. The van der Waals surface area contributed by atoms with Crippen molar-refractivity contribution in [3.8, 4) is 5.75 Å². The van der Waals surface area contributed by atoms with Gasteiger partial charge in [-0.3, -0.25) is 0 Å². The molecule has 5 heteroatoms. The van der Waals surface area contributed by atoms with E-state index in [0.29, 0.717) is 6.61 Å². The fraction of sp³-hybridized carbons (Fsp3) is 0.360. The summed E-state index contributed by atoms with van der Waals surface area (Å²) in [6, 6.07) is 19.1. The van der Waals surface area contributed by atoms with E-state index >= 15 is 0 Å². The number of benzene rings is 2. The van der Waals surface area contributed by atoms with Crippen LogP contribution in [0.4, 0.5) is 5.95 Å². The number of nitrogens with one attached hydrogen (secondary N) is 1. The maximum absolute atomic E-state index is 6.00. The first-order valence-electron chi connectivity index (χ1n) is 10.6. The number of nitrogens with zero attached hydrogens (tertiary/aromatic N) is 3. The predicted octanol–water partition coefficient (Wildman–Crippen LogP) is 4.10. The largest absolute Gasteiger partial charge is 0.487 e. The molecule has 0 unspecified atom stereocenters. The second-order valence-corrected chi connectivity index (χ2v) is 8.39. The molecule has 1 N–H and O–H groups in total. The van der Waals surface area contributed by atoms with Crippen LogP contribution in [0.3, 0.4) is 0 Å². The Bertz CT molecular complexity index is 961. The molecule has 0 spiro atoms. The Balaban J connectivity index is 1.41. The van der Waals surface area contributed by atoms with E-state index in [0.717, 1.165) is 43.6 Å². The predicted molar refractivity (Wildman–Crippen MR) is 121 cm³/mol. The van der Waals surface area contributed by atoms with Crippen molar-refractivity contribution in [1.82, 2.24) is 15.3 Å². The molecular weight excluding hydrogens is 372 g/mol. The Morgan fingerprint density at radius 1 is 0.933 bits per heavy atom. The van der Waals surface area contributed by atoms with Crippen molar-refractivity contribution in [1.29, 1.82) is 0 Å². The fourth-order valence-electron chi connectivity index (χ4n) is 3.74. The van der Waals surface area contributed by atoms with E-state index in [2.05, 4.69) is 77.4 Å². The summed E-state index contributed by atoms with van der Waals surface area (Å²) >= 11 is 0. The number of hydrogen-bond acceptors (Lipinski definition) is 5. The van der Waals surface area contributed by atoms with Crippen LogP contribution in [0.1, 0.15) is 36.2 Å². The van der Waals surface area contributed by atoms with Gasteiger partial charge in [0.2, 0.25) is 5.95 Å². The Labute approximate surface area is 179 Å². The first-order chi connectivity index (χ1) is 14.5. The number of ether oxygens (including phenoxy) is 1. The molecule has 1 aromatic heterocycles. The van der Waals surface area contributed by atoms with E-state index < -0.39 is 0 Å². The van der Waals surface area contributed by atoms with Crippen molar-refractivity contribution in [2.45, 2.75) is 32.8 Å². The van der Waals surface area contributed by atoms with Crippen LogP contribution in [-0.4, -0.2) is 36.1 Å². The molecule has 0 atom stereocenters. The van der Waals surface area contributed by atoms with E-state index in [9.17, 15) is 0 Å². The number of hydrogen-bond donors (Lipinski definition) is 1. The van der Waals surface area contributed by atoms with Gasteiger partial charge in [0.05, 0.1) is 5.69 Å². The molecule has 3 aromatic rings. The fourth-order valence-corrected chi connectivity index (χ4v) is 3.74. The molecule has 4 rings (SSSR count). The van der Waals surface area contributed by atoms with Crippen LogP contribution in [0.15, 0.2) is 60.8 Å². The monoisotopic (exact) mass is 402 g/mol. The maximum atomic E-state index is 6.00. The van der Waals surface area contributed by atoms with Gasteiger partial charge >= 0.3 is 0 Å². The Kier molecular flexibility index (Phi) is 6.00. The first kappa shape index (κ1) is 20.4. The quantitative estimate of drug-likeness (QED) is 0.673. The molecule has 0 amide bonds. The van der Waals surface area contributed by atoms with Gasteiger partial charge in [0, 0.05) is 37.8 Å². The van der Waals surface area contributed by atoms with Gasteiger partial charge in [-0.05, 0) is 36.2 Å². The maximum Gasteiger partial charge on any atom is 0.225 e. The van der Waals surface area contributed by atoms with E-state index in [-0.39, 0.29) is 5.41 Å². The van der Waals surface area contributed by atoms with Gasteiger partial charge in [0.1, 0.15) is 12.4 Å². The molecule has 0 aliphatic carbocycles. The highest BCUT2D eigenvalue weighted by molar-refractivity contribution is 5.41. The Morgan fingerprint density at radius 3 is 2.23 bits per heavy atom. The third-order valence-electron chi connectivity index (χ3n) is 5.84. The van der Waals surface area contributed by atoms with Crippen LogP contribution >= 0.6 is 0 Å². The molecule has 1 fully saturated rings. The van der Waals surface area contributed by atoms with Crippen LogP contribution in [0.2, 0.25) is 0 Å². The number of piperazine rings is 1. The van der Waals surface area contributed by atoms with Crippen molar-refractivity contribution < 1.29 is 4.74 Å². The van der Waals surface area contributed by atoms with E-state index in [1.807, 2.05) is 24.4 Å². The van der Waals surface area contributed by atoms with E-state index in [1.165, 1.54) is 16.7 Å². The van der Waals surface area contributed by atoms with Gasteiger partial charge in [-0.15, -0.1) is 0 Å². The summed E-state index contributed by atoms with van der Waals surface area (Å²) in [5, 5.41) is 3.35. The van der Waals surface area contributed by atoms with Crippen LogP contribution in [0.5, 0.6) is 5.75 Å². The zero-order valence-corrected chi connectivity index (χ0v) is 18.1. The molecule has 5 nitrogen and oxygen atoms in total. The van der Waals surface area contributed by atoms with Crippen molar-refractivity contribution in [3.05, 3.63) is 83.2 Å². The minimum atomic E-state index is -0.0584. The SMILES string of the molecule is Cc1ccc(C(C)(C)c2ccc(OCc3ccnc(N4CCNCC4)n3)cc2)cc1. The summed E-state index contributed by atoms with van der Waals surface area (Å²) in [4.78, 5) is 11.3. The summed E-state index contributed by atoms with van der Waals surface area (Å²) in [6.45, 7) is 10.9. The molecule has 1 saturated heterocycles. The van der Waals surface area contributed by atoms with Crippen molar-refractivity contribution >= 4 is 5.95 Å². The topological polar surface area (TPSA) is 50.3 Å². The lowest BCUT2D eigenvalue weighted by atomic mass is 9.78. The van der Waals surface area contributed by atoms with E-state index in [4.69, 9.17) is 4.74 Å². The molecule has 0 radical (unpaired) electrons. The molecule has 30 heavy (non-hydrogen) atoms. The molecule has 1 aliphatic rings. The summed E-state index contributed by atoms with van der Waals surface area (Å²) in [5.41, 5.74) is 4.69. The lowest BCUT2D eigenvalue weighted by Crippen LogP contribution is -2.44. The van der Waals surface area contributed by atoms with Crippen LogP contribution < -0.4 is 15.0 Å². The summed E-state index contributed by atoms with van der Waals surface area (Å²) < 4.78 is 6.00. The number of aromatic nitrogens is 2. The number of aryl methyl sites for hydroxylation is 1. The summed E-state index contributed by atoms with van der Waals surface area (Å²) in [7, 11) is 0. The highest BCUT2D eigenvalue weighted by Crippen LogP contribution is 2.32. The normalized spacial score (nSPS) is 14.6. The van der Waals surface area contributed by atoms with Crippen molar-refractivity contribution in [2.75, 3.05) is 31.1 Å². The lowest BCUT2D eigenvalue weighted by molar-refractivity contribution is 0.301. The van der Waals surface area contributed by atoms with Crippen LogP contribution in [-0.2, 0) is 12.0 Å². The van der Waals surface area contributed by atoms with Gasteiger partial charge in [-0.1, -0.05) is 55.8 Å². The second kappa shape index (κ2) is 8.84.